The molecule has 0 spiro atoms. The van der Waals surface area contributed by atoms with Crippen LogP contribution in [-0.4, -0.2) is 119 Å². The van der Waals surface area contributed by atoms with E-state index in [1.165, 1.54) is 72.2 Å². The number of aryl methyl sites for hydroxylation is 4. The molecular weight excluding hydrogens is 1470 g/mol. The third kappa shape index (κ3) is 23.4. The number of Topliss-reactive ketones (excluding diaryl/α,β-unsaturated/α-hetero) is 2. The summed E-state index contributed by atoms with van der Waals surface area (Å²) in [5.74, 6) is 16.3. The van der Waals surface area contributed by atoms with Gasteiger partial charge in [-0.05, 0) is 173 Å². The number of imidazole rings is 2. The van der Waals surface area contributed by atoms with Crippen LogP contribution in [0.25, 0.3) is 11.4 Å². The minimum absolute atomic E-state index is 0.0225. The van der Waals surface area contributed by atoms with Crippen molar-refractivity contribution in [1.29, 1.82) is 10.5 Å². The maximum absolute atomic E-state index is 14.2. The summed E-state index contributed by atoms with van der Waals surface area (Å²) in [5, 5.41) is 22.5. The zero-order valence-electron chi connectivity index (χ0n) is 62.0. The average Bonchev–Trinajstić information content (AvgIpc) is 1.40. The molecule has 574 valence electrons. The lowest BCUT2D eigenvalue weighted by molar-refractivity contribution is -0.141. The number of hydrogen-bond acceptors (Lipinski definition) is 17. The Labute approximate surface area is 650 Å². The maximum atomic E-state index is 14.2. The molecule has 0 bridgehead atoms. The van der Waals surface area contributed by atoms with Crippen LogP contribution in [0.4, 0.5) is 47.9 Å². The predicted molar refractivity (Wildman–Crippen MR) is 410 cm³/mol. The number of benzene rings is 5. The number of carbonyl (C=O) groups excluding carboxylic acids is 4. The van der Waals surface area contributed by atoms with E-state index >= 15 is 0 Å². The fourth-order valence-electron chi connectivity index (χ4n) is 11.4. The summed E-state index contributed by atoms with van der Waals surface area (Å²) in [7, 11) is 3.97. The molecule has 30 heteroatoms. The molecule has 6 N–H and O–H groups in total. The number of guanidine groups is 1. The Morgan fingerprint density at radius 1 is 0.640 bits per heavy atom. The quantitative estimate of drug-likeness (QED) is 0.0125. The lowest BCUT2D eigenvalue weighted by Crippen LogP contribution is -2.26. The number of primary amides is 1. The van der Waals surface area contributed by atoms with Gasteiger partial charge in [0.2, 0.25) is 5.96 Å². The molecule has 6 aromatic heterocycles. The molecule has 0 unspecified atom stereocenters. The van der Waals surface area contributed by atoms with Gasteiger partial charge in [0.25, 0.3) is 11.8 Å². The van der Waals surface area contributed by atoms with Gasteiger partial charge in [0.15, 0.2) is 35.9 Å². The van der Waals surface area contributed by atoms with Crippen molar-refractivity contribution in [2.75, 3.05) is 50.6 Å². The van der Waals surface area contributed by atoms with Crippen LogP contribution in [0.3, 0.4) is 0 Å². The van der Waals surface area contributed by atoms with Crippen LogP contribution in [-0.2, 0) is 30.0 Å². The third-order valence-corrected chi connectivity index (χ3v) is 17.0. The zero-order valence-corrected chi connectivity index (χ0v) is 62.0. The van der Waals surface area contributed by atoms with Gasteiger partial charge in [-0.15, -0.1) is 0 Å². The van der Waals surface area contributed by atoms with Crippen molar-refractivity contribution in [2.24, 2.45) is 22.4 Å². The normalized spacial score (nSPS) is 12.3. The minimum atomic E-state index is -4.76. The van der Waals surface area contributed by atoms with Crippen LogP contribution in [0.1, 0.15) is 122 Å². The Balaban J connectivity index is 0.000000183. The number of nitriles is 2. The van der Waals surface area contributed by atoms with Gasteiger partial charge in [0, 0.05) is 113 Å². The Morgan fingerprint density at radius 2 is 1.31 bits per heavy atom. The van der Waals surface area contributed by atoms with E-state index in [1.54, 1.807) is 103 Å². The van der Waals surface area contributed by atoms with Crippen molar-refractivity contribution >= 4 is 46.5 Å². The number of halogens is 7. The molecule has 12 rings (SSSR count). The van der Waals surface area contributed by atoms with Crippen LogP contribution >= 0.6 is 0 Å². The first-order chi connectivity index (χ1) is 54.4. The molecule has 1 aliphatic heterocycles. The minimum Gasteiger partial charge on any atom is -0.482 e. The summed E-state index contributed by atoms with van der Waals surface area (Å²) in [6, 6.07) is 32.7. The number of ether oxygens (including phenoxy) is 1. The number of nitrogens with zero attached hydrogens (tertiary/aromatic N) is 14. The SMILES string of the molecule is Cc1ccc(C(=O)Cc2cc(-n3cnc(C#N)c3)cc(C(F)(F)F)n2)cc1C#Cc1cnc(N=C(N)NC#N)cn1.Cc1ccc(C(=O)Cc2cc(N3CC[C@@H](CN(C)C)C3)cc(C(F)(F)F)c2)cc1C#Cc1cncc(OCC(N)=O)c1.Cc1cn(-c2cc(F)cc(C(=O)Nc3ccc(C)c(C#Cc4cccnc4)c3)c2)cn1. The summed E-state index contributed by atoms with van der Waals surface area (Å²) in [5.41, 5.74) is 18.2. The molecule has 1 fully saturated rings. The second kappa shape index (κ2) is 37.2. The highest BCUT2D eigenvalue weighted by Gasteiger charge is 2.35. The smallest absolute Gasteiger partial charge is 0.433 e. The Hall–Kier alpha value is -14.7. The van der Waals surface area contributed by atoms with E-state index in [2.05, 4.69) is 90.9 Å². The lowest BCUT2D eigenvalue weighted by Gasteiger charge is -2.22. The number of nitrogens with one attached hydrogen (secondary N) is 2. The molecule has 1 atom stereocenters. The molecular formula is C84H69F7N18O5. The number of ketones is 2. The van der Waals surface area contributed by atoms with Crippen molar-refractivity contribution < 1.29 is 54.6 Å². The molecule has 0 saturated carbocycles. The molecule has 1 aliphatic rings. The van der Waals surface area contributed by atoms with Gasteiger partial charge in [0.1, 0.15) is 35.4 Å². The number of anilines is 2. The number of nitrogens with two attached hydrogens (primary N) is 2. The number of hydrogen-bond donors (Lipinski definition) is 4. The molecule has 1 saturated heterocycles. The maximum Gasteiger partial charge on any atom is 0.433 e. The summed E-state index contributed by atoms with van der Waals surface area (Å²) in [6.45, 7) is 9.34. The Bertz CT molecular complexity index is 5750. The molecule has 23 nitrogen and oxygen atoms in total. The largest absolute Gasteiger partial charge is 0.482 e. The van der Waals surface area contributed by atoms with E-state index in [1.807, 2.05) is 64.0 Å². The highest BCUT2D eigenvalue weighted by Crippen LogP contribution is 2.36. The van der Waals surface area contributed by atoms with Crippen LogP contribution in [0.2, 0.25) is 0 Å². The van der Waals surface area contributed by atoms with E-state index in [4.69, 9.17) is 26.7 Å². The van der Waals surface area contributed by atoms with Crippen molar-refractivity contribution in [3.05, 3.63) is 290 Å². The Kier molecular flexibility index (Phi) is 26.7. The average molecular weight is 1540 g/mol. The van der Waals surface area contributed by atoms with Gasteiger partial charge in [-0.25, -0.2) is 29.3 Å². The highest BCUT2D eigenvalue weighted by molar-refractivity contribution is 6.05. The molecule has 0 radical (unpaired) electrons. The van der Waals surface area contributed by atoms with E-state index in [-0.39, 0.29) is 58.8 Å². The number of amides is 2. The monoisotopic (exact) mass is 1540 g/mol. The molecule has 5 aromatic carbocycles. The highest BCUT2D eigenvalue weighted by atomic mass is 19.4. The van der Waals surface area contributed by atoms with Crippen molar-refractivity contribution in [3.63, 3.8) is 0 Å². The molecule has 7 heterocycles. The lowest BCUT2D eigenvalue weighted by atomic mass is 9.97. The summed E-state index contributed by atoms with van der Waals surface area (Å²) in [6.07, 6.45) is 7.50. The summed E-state index contributed by atoms with van der Waals surface area (Å²) < 4.78 is 104. The molecule has 0 aliphatic carbocycles. The first kappa shape index (κ1) is 81.8. The van der Waals surface area contributed by atoms with Gasteiger partial charge >= 0.3 is 12.4 Å². The first-order valence-corrected chi connectivity index (χ1v) is 34.7. The third-order valence-electron chi connectivity index (χ3n) is 17.0. The fourth-order valence-corrected chi connectivity index (χ4v) is 11.4. The molecule has 11 aromatic rings. The van der Waals surface area contributed by atoms with Crippen LogP contribution in [0, 0.1) is 97.7 Å². The van der Waals surface area contributed by atoms with E-state index < -0.39 is 53.4 Å². The standard InChI is InChI=1S/C32H33F3N4O3.C27H17F3N10O.C25H19FN4O/c1-21-4-6-26(14-25(21)7-5-22-12-29(17-37-16-22)42-20-31(36)41)30(40)13-24-10-27(32(33,34)35)15-28(11-24)39-9-8-23(19-39)18-38(2)3;1-16-2-3-18(6-17(16)4-5-19-11-35-25(12-34-19)39-26(33)36-14-32)23(41)8-20-7-22(9-24(38-20)27(28,29)30)40-13-21(10-31)37-15-40;1-17-5-8-23(11-20(17)7-6-19-4-3-9-27-14-19)29-25(31)21-10-22(26)13-24(12-21)30-15-18(2)28-16-30/h4,6,10-12,14-17,23H,8-9,13,18-20H2,1-3H3,(H2,36,41);2-3,6-7,9,11-13,15H,8H2,1H3,(H3,33,35,36,39);3-5,8-16H,1-2H3,(H,29,31)/t23-;;/m0../s1. The Morgan fingerprint density at radius 3 is 1.94 bits per heavy atom. The van der Waals surface area contributed by atoms with Gasteiger partial charge < -0.3 is 40.5 Å². The number of alkyl halides is 6. The van der Waals surface area contributed by atoms with Gasteiger partial charge in [-0.1, -0.05) is 59.9 Å². The van der Waals surface area contributed by atoms with E-state index in [0.717, 1.165) is 58.6 Å². The summed E-state index contributed by atoms with van der Waals surface area (Å²) in [4.78, 5) is 85.9. The number of carbonyl (C=O) groups is 4. The predicted octanol–water partition coefficient (Wildman–Crippen LogP) is 12.3. The molecule has 2 amide bonds. The van der Waals surface area contributed by atoms with Crippen LogP contribution in [0.5, 0.6) is 5.75 Å². The van der Waals surface area contributed by atoms with Crippen molar-refractivity contribution in [3.8, 4) is 64.9 Å². The van der Waals surface area contributed by atoms with Crippen LogP contribution in [0.15, 0.2) is 189 Å². The first-order valence-electron chi connectivity index (χ1n) is 34.7. The van der Waals surface area contributed by atoms with Gasteiger partial charge in [0.05, 0.1) is 59.7 Å². The van der Waals surface area contributed by atoms with E-state index in [0.29, 0.717) is 75.3 Å². The van der Waals surface area contributed by atoms with Gasteiger partial charge in [-0.2, -0.15) is 41.9 Å². The van der Waals surface area contributed by atoms with Gasteiger partial charge in [-0.3, -0.25) is 34.5 Å². The van der Waals surface area contributed by atoms with Crippen LogP contribution < -0.4 is 31.7 Å². The number of aromatic nitrogens is 9. The fraction of sp³-hybridized carbons (Fsp3) is 0.190. The zero-order chi connectivity index (χ0) is 81.8. The van der Waals surface area contributed by atoms with Crippen molar-refractivity contribution in [1.82, 2.24) is 54.2 Å². The second-order valence-corrected chi connectivity index (χ2v) is 26.2. The second-order valence-electron chi connectivity index (χ2n) is 26.2. The number of rotatable bonds is 17. The topological polar surface area (TPSA) is 320 Å². The molecule has 114 heavy (non-hydrogen) atoms. The summed E-state index contributed by atoms with van der Waals surface area (Å²) >= 11 is 0. The number of pyridine rings is 3. The number of aliphatic imine (C=N–C) groups is 1. The van der Waals surface area contributed by atoms with E-state index in [9.17, 15) is 49.9 Å². The van der Waals surface area contributed by atoms with Crippen molar-refractivity contribution in [2.45, 2.75) is 59.3 Å².